The van der Waals surface area contributed by atoms with Crippen molar-refractivity contribution in [2.75, 3.05) is 5.32 Å². The number of carbonyl (C=O) groups excluding carboxylic acids is 1. The molecule has 3 aromatic rings. The molecule has 0 atom stereocenters. The minimum atomic E-state index is -1.28. The number of H-pyrrole nitrogens is 1. The largest absolute Gasteiger partial charge is 0.361 e. The lowest BCUT2D eigenvalue weighted by Crippen LogP contribution is -2.15. The SMILES string of the molecule is O=C(Cc1cc(F)c(F)cc1F)Nc1ccc2[nH]ccc2c1. The van der Waals surface area contributed by atoms with Crippen LogP contribution in [-0.4, -0.2) is 10.9 Å². The summed E-state index contributed by atoms with van der Waals surface area (Å²) in [4.78, 5) is 14.9. The Labute approximate surface area is 123 Å². The van der Waals surface area contributed by atoms with Gasteiger partial charge in [0, 0.05) is 34.4 Å². The summed E-state index contributed by atoms with van der Waals surface area (Å²) in [5.74, 6) is -3.92. The van der Waals surface area contributed by atoms with Gasteiger partial charge in [0.1, 0.15) is 5.82 Å². The van der Waals surface area contributed by atoms with Crippen molar-refractivity contribution in [3.8, 4) is 0 Å². The maximum absolute atomic E-state index is 13.5. The van der Waals surface area contributed by atoms with Crippen molar-refractivity contribution in [2.24, 2.45) is 0 Å². The fourth-order valence-electron chi connectivity index (χ4n) is 2.21. The quantitative estimate of drug-likeness (QED) is 0.711. The number of benzene rings is 2. The van der Waals surface area contributed by atoms with E-state index in [-0.39, 0.29) is 12.0 Å². The molecule has 1 heterocycles. The van der Waals surface area contributed by atoms with Crippen LogP contribution in [0.15, 0.2) is 42.6 Å². The maximum atomic E-state index is 13.5. The molecule has 0 spiro atoms. The van der Waals surface area contributed by atoms with Crippen LogP contribution in [0.25, 0.3) is 10.9 Å². The molecule has 6 heteroatoms. The second kappa shape index (κ2) is 5.55. The van der Waals surface area contributed by atoms with Gasteiger partial charge in [0.25, 0.3) is 0 Å². The molecule has 1 aromatic heterocycles. The first-order valence-corrected chi connectivity index (χ1v) is 6.53. The third kappa shape index (κ3) is 2.81. The van der Waals surface area contributed by atoms with E-state index in [9.17, 15) is 18.0 Å². The van der Waals surface area contributed by atoms with E-state index in [4.69, 9.17) is 0 Å². The number of aromatic amines is 1. The number of aromatic nitrogens is 1. The standard InChI is InChI=1S/C16H11F3N2O/c17-12-8-14(19)13(18)6-10(12)7-16(22)21-11-1-2-15-9(5-11)3-4-20-15/h1-6,8,20H,7H2,(H,21,22). The van der Waals surface area contributed by atoms with Crippen molar-refractivity contribution in [3.63, 3.8) is 0 Å². The number of anilines is 1. The molecule has 0 aliphatic rings. The van der Waals surface area contributed by atoms with Gasteiger partial charge in [-0.05, 0) is 30.3 Å². The third-order valence-corrected chi connectivity index (χ3v) is 3.28. The van der Waals surface area contributed by atoms with Crippen molar-refractivity contribution in [2.45, 2.75) is 6.42 Å². The summed E-state index contributed by atoms with van der Waals surface area (Å²) in [6.45, 7) is 0. The number of hydrogen-bond acceptors (Lipinski definition) is 1. The molecule has 0 unspecified atom stereocenters. The van der Waals surface area contributed by atoms with Gasteiger partial charge in [-0.3, -0.25) is 4.79 Å². The normalized spacial score (nSPS) is 10.9. The molecule has 3 rings (SSSR count). The highest BCUT2D eigenvalue weighted by atomic mass is 19.2. The fraction of sp³-hybridized carbons (Fsp3) is 0.0625. The van der Waals surface area contributed by atoms with Gasteiger partial charge in [-0.1, -0.05) is 0 Å². The van der Waals surface area contributed by atoms with E-state index in [2.05, 4.69) is 10.3 Å². The minimum Gasteiger partial charge on any atom is -0.361 e. The van der Waals surface area contributed by atoms with Crippen LogP contribution in [0, 0.1) is 17.5 Å². The first-order chi connectivity index (χ1) is 10.5. The summed E-state index contributed by atoms with van der Waals surface area (Å²) >= 11 is 0. The van der Waals surface area contributed by atoms with Crippen molar-refractivity contribution >= 4 is 22.5 Å². The summed E-state index contributed by atoms with van der Waals surface area (Å²) in [5.41, 5.74) is 1.27. The van der Waals surface area contributed by atoms with Crippen molar-refractivity contribution in [1.29, 1.82) is 0 Å². The van der Waals surface area contributed by atoms with Gasteiger partial charge in [-0.25, -0.2) is 13.2 Å². The first kappa shape index (κ1) is 14.2. The van der Waals surface area contributed by atoms with Crippen LogP contribution in [0.5, 0.6) is 0 Å². The topological polar surface area (TPSA) is 44.9 Å². The van der Waals surface area contributed by atoms with E-state index in [1.165, 1.54) is 0 Å². The summed E-state index contributed by atoms with van der Waals surface area (Å²) in [6.07, 6.45) is 1.39. The molecule has 0 aliphatic heterocycles. The van der Waals surface area contributed by atoms with Crippen molar-refractivity contribution < 1.29 is 18.0 Å². The lowest BCUT2D eigenvalue weighted by Gasteiger charge is -2.07. The van der Waals surface area contributed by atoms with Gasteiger partial charge in [0.05, 0.1) is 6.42 Å². The fourth-order valence-corrected chi connectivity index (χ4v) is 2.21. The van der Waals surface area contributed by atoms with Gasteiger partial charge in [-0.2, -0.15) is 0 Å². The van der Waals surface area contributed by atoms with Gasteiger partial charge in [-0.15, -0.1) is 0 Å². The Balaban J connectivity index is 1.76. The Morgan fingerprint density at radius 1 is 1.00 bits per heavy atom. The minimum absolute atomic E-state index is 0.195. The molecule has 0 saturated carbocycles. The highest BCUT2D eigenvalue weighted by Crippen LogP contribution is 2.19. The predicted molar refractivity (Wildman–Crippen MR) is 76.9 cm³/mol. The molecule has 22 heavy (non-hydrogen) atoms. The third-order valence-electron chi connectivity index (χ3n) is 3.28. The van der Waals surface area contributed by atoms with E-state index in [0.29, 0.717) is 17.8 Å². The number of nitrogens with one attached hydrogen (secondary N) is 2. The number of hydrogen-bond donors (Lipinski definition) is 2. The van der Waals surface area contributed by atoms with Crippen molar-refractivity contribution in [3.05, 3.63) is 65.6 Å². The lowest BCUT2D eigenvalue weighted by atomic mass is 10.1. The van der Waals surface area contributed by atoms with Crippen LogP contribution in [0.2, 0.25) is 0 Å². The molecular formula is C16H11F3N2O. The Morgan fingerprint density at radius 3 is 2.59 bits per heavy atom. The van der Waals surface area contributed by atoms with E-state index < -0.39 is 23.4 Å². The second-order valence-corrected chi connectivity index (χ2v) is 4.86. The molecule has 0 radical (unpaired) electrons. The predicted octanol–water partition coefficient (Wildman–Crippen LogP) is 3.77. The number of halogens is 3. The van der Waals surface area contributed by atoms with E-state index in [1.54, 1.807) is 24.4 Å². The van der Waals surface area contributed by atoms with Crippen LogP contribution in [0.3, 0.4) is 0 Å². The van der Waals surface area contributed by atoms with Crippen LogP contribution in [-0.2, 0) is 11.2 Å². The molecule has 1 amide bonds. The zero-order valence-electron chi connectivity index (χ0n) is 11.3. The van der Waals surface area contributed by atoms with Crippen LogP contribution < -0.4 is 5.32 Å². The molecule has 112 valence electrons. The van der Waals surface area contributed by atoms with Gasteiger partial charge >= 0.3 is 0 Å². The van der Waals surface area contributed by atoms with E-state index in [0.717, 1.165) is 10.9 Å². The van der Waals surface area contributed by atoms with Crippen LogP contribution >= 0.6 is 0 Å². The van der Waals surface area contributed by atoms with Crippen LogP contribution in [0.4, 0.5) is 18.9 Å². The van der Waals surface area contributed by atoms with E-state index >= 15 is 0 Å². The average molecular weight is 304 g/mol. The second-order valence-electron chi connectivity index (χ2n) is 4.86. The van der Waals surface area contributed by atoms with Gasteiger partial charge in [0.15, 0.2) is 11.6 Å². The summed E-state index contributed by atoms with van der Waals surface area (Å²) in [6, 6.07) is 8.22. The maximum Gasteiger partial charge on any atom is 0.228 e. The smallest absolute Gasteiger partial charge is 0.228 e. The zero-order chi connectivity index (χ0) is 15.7. The Morgan fingerprint density at radius 2 is 1.77 bits per heavy atom. The first-order valence-electron chi connectivity index (χ1n) is 6.53. The number of rotatable bonds is 3. The van der Waals surface area contributed by atoms with Gasteiger partial charge < -0.3 is 10.3 Å². The molecular weight excluding hydrogens is 293 g/mol. The molecule has 2 aromatic carbocycles. The molecule has 0 saturated heterocycles. The number of amides is 1. The zero-order valence-corrected chi connectivity index (χ0v) is 11.3. The lowest BCUT2D eigenvalue weighted by molar-refractivity contribution is -0.115. The highest BCUT2D eigenvalue weighted by molar-refractivity contribution is 5.94. The molecule has 2 N–H and O–H groups in total. The summed E-state index contributed by atoms with van der Waals surface area (Å²) in [7, 11) is 0. The molecule has 3 nitrogen and oxygen atoms in total. The summed E-state index contributed by atoms with van der Waals surface area (Å²) in [5, 5.41) is 3.51. The molecule has 0 bridgehead atoms. The summed E-state index contributed by atoms with van der Waals surface area (Å²) < 4.78 is 39.4. The van der Waals surface area contributed by atoms with Crippen molar-refractivity contribution in [1.82, 2.24) is 4.98 Å². The Kier molecular flexibility index (Phi) is 3.58. The van der Waals surface area contributed by atoms with E-state index in [1.807, 2.05) is 6.07 Å². The number of fused-ring (bicyclic) bond motifs is 1. The molecule has 0 aliphatic carbocycles. The Hall–Kier alpha value is -2.76. The average Bonchev–Trinajstić information content (AvgIpc) is 2.92. The highest BCUT2D eigenvalue weighted by Gasteiger charge is 2.13. The monoisotopic (exact) mass is 304 g/mol. The number of carbonyl (C=O) groups is 1. The molecule has 0 fully saturated rings. The van der Waals surface area contributed by atoms with Gasteiger partial charge in [0.2, 0.25) is 5.91 Å². The van der Waals surface area contributed by atoms with Crippen LogP contribution in [0.1, 0.15) is 5.56 Å². The Bertz CT molecular complexity index is 858.